The van der Waals surface area contributed by atoms with Crippen molar-refractivity contribution in [3.8, 4) is 23.0 Å². The molecule has 75 heavy (non-hydrogen) atoms. The molecular weight excluding hydrogens is 916 g/mol. The smallest absolute Gasteiger partial charge is 0.256 e. The Bertz CT molecular complexity index is 3810. The molecule has 9 aromatic carbocycles. The number of hydrogen-bond acceptors (Lipinski definition) is 7. The second kappa shape index (κ2) is 16.1. The fourth-order valence-electron chi connectivity index (χ4n) is 15.1. The predicted molar refractivity (Wildman–Crippen MR) is 311 cm³/mol. The molecule has 0 N–H and O–H groups in total. The largest absolute Gasteiger partial charge is 0.458 e. The first kappa shape index (κ1) is 42.1. The fraction of sp³-hybridized carbons (Fsp3) is 0.182. The summed E-state index contributed by atoms with van der Waals surface area (Å²) in [4.78, 5) is 13.1. The van der Waals surface area contributed by atoms with E-state index in [9.17, 15) is 0 Å². The number of hydrogen-bond donors (Lipinski definition) is 0. The van der Waals surface area contributed by atoms with Crippen molar-refractivity contribution in [2.24, 2.45) is 0 Å². The lowest BCUT2D eigenvalue weighted by Gasteiger charge is -2.49. The van der Waals surface area contributed by atoms with Crippen molar-refractivity contribution in [2.75, 3.05) is 50.7 Å². The highest BCUT2D eigenvalue weighted by atomic mass is 16.5. The van der Waals surface area contributed by atoms with Gasteiger partial charge in [-0.1, -0.05) is 103 Å². The van der Waals surface area contributed by atoms with E-state index < -0.39 is 0 Å². The summed E-state index contributed by atoms with van der Waals surface area (Å²) in [5.41, 5.74) is 27.1. The van der Waals surface area contributed by atoms with Crippen LogP contribution in [0.3, 0.4) is 0 Å². The molecule has 9 aromatic rings. The zero-order valence-corrected chi connectivity index (χ0v) is 41.9. The number of ether oxygens (including phenoxy) is 2. The normalized spacial score (nSPS) is 16.5. The van der Waals surface area contributed by atoms with Crippen LogP contribution in [0.15, 0.2) is 176 Å². The first-order valence-corrected chi connectivity index (χ1v) is 27.6. The van der Waals surface area contributed by atoms with Crippen LogP contribution in [0, 0.1) is 0 Å². The Kier molecular flexibility index (Phi) is 9.04. The number of rotatable bonds is 5. The van der Waals surface area contributed by atoms with Crippen LogP contribution >= 0.6 is 0 Å². The van der Waals surface area contributed by atoms with Gasteiger partial charge in [0.25, 0.3) is 13.4 Å². The van der Waals surface area contributed by atoms with Crippen LogP contribution in [0.2, 0.25) is 0 Å². The summed E-state index contributed by atoms with van der Waals surface area (Å²) in [6.07, 6.45) is 8.63. The van der Waals surface area contributed by atoms with Gasteiger partial charge in [-0.15, -0.1) is 0 Å². The first-order chi connectivity index (χ1) is 37.2. The molecule has 0 saturated heterocycles. The van der Waals surface area contributed by atoms with Crippen molar-refractivity contribution < 1.29 is 9.47 Å². The average Bonchev–Trinajstić information content (AvgIpc) is 3.48. The van der Waals surface area contributed by atoms with Gasteiger partial charge in [-0.05, 0) is 162 Å². The minimum absolute atomic E-state index is 0.0321. The topological polar surface area (TPSA) is 34.7 Å². The molecule has 0 aliphatic carbocycles. The van der Waals surface area contributed by atoms with Gasteiger partial charge in [0.15, 0.2) is 0 Å². The molecule has 0 saturated carbocycles. The maximum Gasteiger partial charge on any atom is 0.256 e. The molecule has 7 nitrogen and oxygen atoms in total. The van der Waals surface area contributed by atoms with Gasteiger partial charge >= 0.3 is 0 Å². The lowest BCUT2D eigenvalue weighted by Crippen LogP contribution is -2.64. The van der Waals surface area contributed by atoms with Crippen LogP contribution in [0.1, 0.15) is 47.9 Å². The SMILES string of the molecule is c1ccc(N(c2ccccc2)c2ccc3c(c2)Oc2c4c5c(c6c2B3c2cc3c(cc2N6c2ccccc2)N(c2ccccc2)c2c6c7c(c8c2B3c2ccccc2O8)CCCN7CCC6)CCCN5CCC4)cc1. The van der Waals surface area contributed by atoms with Crippen molar-refractivity contribution in [3.05, 3.63) is 198 Å². The Morgan fingerprint density at radius 3 is 1.32 bits per heavy atom. The van der Waals surface area contributed by atoms with Crippen LogP contribution in [0.4, 0.5) is 62.6 Å². The lowest BCUT2D eigenvalue weighted by atomic mass is 9.30. The molecule has 0 aromatic heterocycles. The van der Waals surface area contributed by atoms with Crippen molar-refractivity contribution in [2.45, 2.75) is 51.4 Å². The second-order valence-electron chi connectivity index (χ2n) is 21.8. The van der Waals surface area contributed by atoms with Gasteiger partial charge in [0.05, 0.1) is 11.4 Å². The van der Waals surface area contributed by atoms with E-state index in [0.717, 1.165) is 118 Å². The van der Waals surface area contributed by atoms with Gasteiger partial charge < -0.3 is 34.0 Å². The van der Waals surface area contributed by atoms with Crippen LogP contribution in [0.5, 0.6) is 23.0 Å². The van der Waals surface area contributed by atoms with Gasteiger partial charge in [-0.3, -0.25) is 0 Å². The summed E-state index contributed by atoms with van der Waals surface area (Å²) >= 11 is 0. The zero-order valence-electron chi connectivity index (χ0n) is 41.9. The van der Waals surface area contributed by atoms with E-state index in [0.29, 0.717) is 0 Å². The van der Waals surface area contributed by atoms with Gasteiger partial charge in [-0.25, -0.2) is 0 Å². The number of nitrogens with zero attached hydrogens (tertiary/aromatic N) is 5. The monoisotopic (exact) mass is 969 g/mol. The van der Waals surface area contributed by atoms with Crippen molar-refractivity contribution in [3.63, 3.8) is 0 Å². The number of anilines is 11. The highest BCUT2D eigenvalue weighted by molar-refractivity contribution is 7.02. The van der Waals surface area contributed by atoms with Gasteiger partial charge in [0, 0.05) is 94.6 Å². The summed E-state index contributed by atoms with van der Waals surface area (Å²) in [5.74, 6) is 4.05. The maximum atomic E-state index is 7.69. The maximum absolute atomic E-state index is 7.69. The highest BCUT2D eigenvalue weighted by Gasteiger charge is 2.51. The first-order valence-electron chi connectivity index (χ1n) is 27.6. The van der Waals surface area contributed by atoms with Gasteiger partial charge in [0.1, 0.15) is 23.0 Å². The lowest BCUT2D eigenvalue weighted by molar-refractivity contribution is 0.475. The fourth-order valence-corrected chi connectivity index (χ4v) is 15.1. The third-order valence-corrected chi connectivity index (χ3v) is 17.9. The molecule has 8 aliphatic heterocycles. The Labute approximate surface area is 439 Å². The Morgan fingerprint density at radius 2 is 0.800 bits per heavy atom. The van der Waals surface area contributed by atoms with E-state index >= 15 is 0 Å². The summed E-state index contributed by atoms with van der Waals surface area (Å²) in [7, 11) is 0. The quantitative estimate of drug-likeness (QED) is 0.159. The van der Waals surface area contributed by atoms with Crippen LogP contribution in [-0.4, -0.2) is 39.6 Å². The molecule has 0 radical (unpaired) electrons. The van der Waals surface area contributed by atoms with Crippen molar-refractivity contribution in [1.29, 1.82) is 0 Å². The molecule has 0 unspecified atom stereocenters. The molecule has 0 spiro atoms. The number of para-hydroxylation sites is 5. The third-order valence-electron chi connectivity index (χ3n) is 17.9. The van der Waals surface area contributed by atoms with Crippen LogP contribution in [-0.2, 0) is 25.7 Å². The average molecular weight is 970 g/mol. The standard InChI is InChI=1S/C66H53B2N5O2/c1-5-19-42(20-6-1)71(43-21-7-2-8-22-43)46-33-34-52-58(39-46)75-66-50-30-18-38-70-36-16-28-48(62(50)70)64-60(66)68(52)54-40-53-55(41-56(54)73(64)45-25-11-4-12-26-45)72(44-23-9-3-10-24-44)63-47-27-15-35-69-37-17-29-49(61(47)69)65-59(63)67(53)51-31-13-14-32-57(51)74-65/h1-14,19-26,31-34,39-41H,15-18,27-30,35-38H2. The van der Waals surface area contributed by atoms with Crippen molar-refractivity contribution in [1.82, 2.24) is 0 Å². The molecule has 0 bridgehead atoms. The minimum Gasteiger partial charge on any atom is -0.458 e. The summed E-state index contributed by atoms with van der Waals surface area (Å²) < 4.78 is 15.0. The molecule has 0 amide bonds. The van der Waals surface area contributed by atoms with Crippen LogP contribution in [0.25, 0.3) is 0 Å². The molecule has 360 valence electrons. The van der Waals surface area contributed by atoms with Crippen molar-refractivity contribution >= 4 is 109 Å². The Balaban J connectivity index is 0.985. The van der Waals surface area contributed by atoms with E-state index in [2.05, 4.69) is 200 Å². The minimum atomic E-state index is -0.0896. The third kappa shape index (κ3) is 5.95. The Morgan fingerprint density at radius 1 is 0.360 bits per heavy atom. The van der Waals surface area contributed by atoms with E-state index in [1.165, 1.54) is 101 Å². The molecule has 9 heteroatoms. The van der Waals surface area contributed by atoms with E-state index in [4.69, 9.17) is 9.47 Å². The van der Waals surface area contributed by atoms with E-state index in [1.54, 1.807) is 0 Å². The Hall–Kier alpha value is -8.29. The number of fused-ring (bicyclic) bond motifs is 12. The summed E-state index contributed by atoms with van der Waals surface area (Å²) in [6, 6.07) is 65.3. The molecular formula is C66H53B2N5O2. The molecule has 8 aliphatic rings. The summed E-state index contributed by atoms with van der Waals surface area (Å²) in [6.45, 7) is 4.21. The predicted octanol–water partition coefficient (Wildman–Crippen LogP) is 11.4. The van der Waals surface area contributed by atoms with Gasteiger partial charge in [-0.2, -0.15) is 0 Å². The molecule has 0 fully saturated rings. The highest BCUT2D eigenvalue weighted by Crippen LogP contribution is 2.55. The molecule has 0 atom stereocenters. The van der Waals surface area contributed by atoms with Gasteiger partial charge in [0.2, 0.25) is 0 Å². The molecule has 8 heterocycles. The van der Waals surface area contributed by atoms with E-state index in [-0.39, 0.29) is 13.4 Å². The molecule has 17 rings (SSSR count). The second-order valence-corrected chi connectivity index (χ2v) is 21.8. The summed E-state index contributed by atoms with van der Waals surface area (Å²) in [5, 5.41) is 0. The van der Waals surface area contributed by atoms with Crippen LogP contribution < -0.4 is 66.8 Å². The van der Waals surface area contributed by atoms with E-state index in [1.807, 2.05) is 0 Å². The zero-order chi connectivity index (χ0) is 48.9. The number of benzene rings is 9.